The molecule has 9 nitrogen and oxygen atoms in total. The molecule has 25 heavy (non-hydrogen) atoms. The number of likely N-dealkylation sites (N-methyl/N-ethyl adjacent to an activating group) is 1. The lowest BCUT2D eigenvalue weighted by Gasteiger charge is -2.35. The number of aliphatic carboxylic acids is 1. The van der Waals surface area contributed by atoms with Gasteiger partial charge in [0.1, 0.15) is 0 Å². The van der Waals surface area contributed by atoms with Crippen LogP contribution in [0.25, 0.3) is 0 Å². The molecule has 0 aromatic heterocycles. The largest absolute Gasteiger partial charge is 0.480 e. The molecule has 1 fully saturated rings. The molecule has 0 atom stereocenters. The van der Waals surface area contributed by atoms with Gasteiger partial charge in [-0.2, -0.15) is 4.31 Å². The number of carbonyl (C=O) groups is 1. The van der Waals surface area contributed by atoms with E-state index in [1.54, 1.807) is 11.9 Å². The van der Waals surface area contributed by atoms with Gasteiger partial charge in [0, 0.05) is 30.2 Å². The van der Waals surface area contributed by atoms with Gasteiger partial charge in [-0.05, 0) is 32.0 Å². The summed E-state index contributed by atoms with van der Waals surface area (Å²) in [6.45, 7) is 0.179. The molecule has 0 aliphatic carbocycles. The van der Waals surface area contributed by atoms with Crippen molar-refractivity contribution >= 4 is 33.3 Å². The van der Waals surface area contributed by atoms with E-state index in [1.165, 1.54) is 10.4 Å². The molecule has 1 aromatic rings. The fourth-order valence-corrected chi connectivity index (χ4v) is 4.74. The summed E-state index contributed by atoms with van der Waals surface area (Å²) >= 11 is 5.81. The molecule has 1 aliphatic rings. The molecular weight excluding hydrogens is 374 g/mol. The van der Waals surface area contributed by atoms with Gasteiger partial charge in [0.15, 0.2) is 4.90 Å². The Labute approximate surface area is 150 Å². The van der Waals surface area contributed by atoms with E-state index in [9.17, 15) is 23.3 Å². The van der Waals surface area contributed by atoms with Gasteiger partial charge in [-0.3, -0.25) is 19.8 Å². The van der Waals surface area contributed by atoms with Gasteiger partial charge < -0.3 is 5.11 Å². The number of benzene rings is 1. The molecule has 1 saturated heterocycles. The molecule has 0 spiro atoms. The highest BCUT2D eigenvalue weighted by molar-refractivity contribution is 7.89. The van der Waals surface area contributed by atoms with Crippen LogP contribution < -0.4 is 0 Å². The number of hydrogen-bond donors (Lipinski definition) is 1. The van der Waals surface area contributed by atoms with Crippen LogP contribution in [0.1, 0.15) is 12.8 Å². The van der Waals surface area contributed by atoms with Crippen LogP contribution in [0.2, 0.25) is 5.02 Å². The summed E-state index contributed by atoms with van der Waals surface area (Å²) in [4.78, 5) is 22.4. The van der Waals surface area contributed by atoms with E-state index in [1.807, 2.05) is 0 Å². The van der Waals surface area contributed by atoms with Crippen molar-refractivity contribution < 1.29 is 23.2 Å². The van der Waals surface area contributed by atoms with Crippen molar-refractivity contribution in [3.05, 3.63) is 33.3 Å². The number of rotatable bonds is 6. The Hall–Kier alpha value is -1.75. The minimum atomic E-state index is -4.06. The first-order chi connectivity index (χ1) is 11.6. The van der Waals surface area contributed by atoms with Gasteiger partial charge in [0.2, 0.25) is 10.0 Å². The normalized spacial score (nSPS) is 16.9. The van der Waals surface area contributed by atoms with Gasteiger partial charge in [-0.15, -0.1) is 0 Å². The van der Waals surface area contributed by atoms with Gasteiger partial charge in [-0.25, -0.2) is 8.42 Å². The number of carboxylic acids is 1. The Morgan fingerprint density at radius 1 is 1.44 bits per heavy atom. The Bertz CT molecular complexity index is 777. The minimum absolute atomic E-state index is 0.0584. The van der Waals surface area contributed by atoms with Gasteiger partial charge in [0.25, 0.3) is 5.69 Å². The highest BCUT2D eigenvalue weighted by Crippen LogP contribution is 2.31. The van der Waals surface area contributed by atoms with Crippen molar-refractivity contribution in [2.24, 2.45) is 0 Å². The molecule has 1 heterocycles. The fourth-order valence-electron chi connectivity index (χ4n) is 2.85. The molecule has 1 aliphatic heterocycles. The monoisotopic (exact) mass is 391 g/mol. The highest BCUT2D eigenvalue weighted by Gasteiger charge is 2.35. The lowest BCUT2D eigenvalue weighted by molar-refractivity contribution is -0.387. The molecule has 138 valence electrons. The molecule has 0 amide bonds. The van der Waals surface area contributed by atoms with E-state index in [4.69, 9.17) is 16.7 Å². The average molecular weight is 392 g/mol. The molecule has 11 heteroatoms. The summed E-state index contributed by atoms with van der Waals surface area (Å²) in [7, 11) is -2.39. The number of piperidine rings is 1. The van der Waals surface area contributed by atoms with Gasteiger partial charge in [-0.1, -0.05) is 11.6 Å². The van der Waals surface area contributed by atoms with E-state index in [-0.39, 0.29) is 30.7 Å². The average Bonchev–Trinajstić information content (AvgIpc) is 2.54. The zero-order valence-electron chi connectivity index (χ0n) is 13.5. The van der Waals surface area contributed by atoms with Crippen LogP contribution in [0.3, 0.4) is 0 Å². The maximum absolute atomic E-state index is 12.8. The van der Waals surface area contributed by atoms with Crippen LogP contribution in [0.15, 0.2) is 23.1 Å². The lowest BCUT2D eigenvalue weighted by atomic mass is 10.1. The molecular formula is C14H18ClN3O6S. The van der Waals surface area contributed by atoms with E-state index < -0.39 is 31.5 Å². The number of nitrogens with zero attached hydrogens (tertiary/aromatic N) is 3. The topological polar surface area (TPSA) is 121 Å². The summed E-state index contributed by atoms with van der Waals surface area (Å²) in [6, 6.07) is 3.36. The van der Waals surface area contributed by atoms with Crippen LogP contribution in [0, 0.1) is 10.1 Å². The minimum Gasteiger partial charge on any atom is -0.480 e. The molecule has 0 radical (unpaired) electrons. The van der Waals surface area contributed by atoms with Crippen molar-refractivity contribution in [2.45, 2.75) is 23.8 Å². The van der Waals surface area contributed by atoms with Crippen LogP contribution in [-0.4, -0.2) is 66.3 Å². The molecule has 0 bridgehead atoms. The number of nitro groups is 1. The number of halogens is 1. The molecule has 0 saturated carbocycles. The molecule has 2 rings (SSSR count). The second kappa shape index (κ2) is 7.65. The number of nitro benzene ring substituents is 1. The maximum Gasteiger partial charge on any atom is 0.317 e. The maximum atomic E-state index is 12.8. The van der Waals surface area contributed by atoms with Crippen LogP contribution in [-0.2, 0) is 14.8 Å². The van der Waals surface area contributed by atoms with Crippen molar-refractivity contribution in [3.63, 3.8) is 0 Å². The van der Waals surface area contributed by atoms with Crippen LogP contribution >= 0.6 is 11.6 Å². The molecule has 1 N–H and O–H groups in total. The van der Waals surface area contributed by atoms with E-state index in [0.29, 0.717) is 12.8 Å². The van der Waals surface area contributed by atoms with Crippen molar-refractivity contribution in [1.82, 2.24) is 9.21 Å². The molecule has 0 unspecified atom stereocenters. The summed E-state index contributed by atoms with van der Waals surface area (Å²) in [6.07, 6.45) is 0.884. The Kier molecular flexibility index (Phi) is 5.99. The van der Waals surface area contributed by atoms with Gasteiger partial charge in [0.05, 0.1) is 11.5 Å². The predicted octanol–water partition coefficient (Wildman–Crippen LogP) is 1.42. The summed E-state index contributed by atoms with van der Waals surface area (Å²) in [5.74, 6) is -0.952. The van der Waals surface area contributed by atoms with Crippen LogP contribution in [0.4, 0.5) is 5.69 Å². The number of hydrogen-bond acceptors (Lipinski definition) is 6. The second-order valence-corrected chi connectivity index (χ2v) is 8.16. The third-order valence-corrected chi connectivity index (χ3v) is 6.33. The highest BCUT2D eigenvalue weighted by atomic mass is 35.5. The first kappa shape index (κ1) is 19.6. The second-order valence-electron chi connectivity index (χ2n) is 5.81. The SMILES string of the molecule is CN(CC(=O)O)C1CCN(S(=O)(=O)c2cc(Cl)ccc2[N+](=O)[O-])CC1. The summed E-state index contributed by atoms with van der Waals surface area (Å²) < 4.78 is 26.7. The fraction of sp³-hybridized carbons (Fsp3) is 0.500. The summed E-state index contributed by atoms with van der Waals surface area (Å²) in [5, 5.41) is 20.0. The number of sulfonamides is 1. The van der Waals surface area contributed by atoms with Crippen LogP contribution in [0.5, 0.6) is 0 Å². The Balaban J connectivity index is 2.19. The zero-order chi connectivity index (χ0) is 18.8. The number of carboxylic acid groups (broad SMARTS) is 1. The van der Waals surface area contributed by atoms with Crippen molar-refractivity contribution in [3.8, 4) is 0 Å². The Morgan fingerprint density at radius 3 is 2.56 bits per heavy atom. The zero-order valence-corrected chi connectivity index (χ0v) is 15.0. The van der Waals surface area contributed by atoms with E-state index in [0.717, 1.165) is 12.1 Å². The third-order valence-electron chi connectivity index (χ3n) is 4.17. The predicted molar refractivity (Wildman–Crippen MR) is 90.2 cm³/mol. The first-order valence-corrected chi connectivity index (χ1v) is 9.31. The quantitative estimate of drug-likeness (QED) is 0.574. The molecule has 1 aromatic carbocycles. The van der Waals surface area contributed by atoms with E-state index >= 15 is 0 Å². The Morgan fingerprint density at radius 2 is 2.04 bits per heavy atom. The van der Waals surface area contributed by atoms with Crippen molar-refractivity contribution in [1.29, 1.82) is 0 Å². The first-order valence-electron chi connectivity index (χ1n) is 7.49. The van der Waals surface area contributed by atoms with E-state index in [2.05, 4.69) is 0 Å². The van der Waals surface area contributed by atoms with Crippen molar-refractivity contribution in [2.75, 3.05) is 26.7 Å². The van der Waals surface area contributed by atoms with Gasteiger partial charge >= 0.3 is 5.97 Å². The summed E-state index contributed by atoms with van der Waals surface area (Å²) in [5.41, 5.74) is -0.519. The smallest absolute Gasteiger partial charge is 0.317 e. The third kappa shape index (κ3) is 4.46. The standard InChI is InChI=1S/C14H18ClN3O6S/c1-16(9-14(19)20)11-4-6-17(7-5-11)25(23,24)13-8-10(15)2-3-12(13)18(21)22/h2-3,8,11H,4-7,9H2,1H3,(H,19,20). The lowest BCUT2D eigenvalue weighted by Crippen LogP contribution is -2.46.